The van der Waals surface area contributed by atoms with E-state index in [1.165, 1.54) is 18.9 Å². The van der Waals surface area contributed by atoms with Crippen LogP contribution in [0.25, 0.3) is 27.6 Å². The number of thioether (sulfide) groups is 1. The van der Waals surface area contributed by atoms with Gasteiger partial charge in [-0.25, -0.2) is 9.97 Å². The molecule has 204 valence electrons. The van der Waals surface area contributed by atoms with Crippen LogP contribution in [0.2, 0.25) is 0 Å². The molecule has 1 amide bonds. The van der Waals surface area contributed by atoms with Crippen molar-refractivity contribution in [2.24, 2.45) is 0 Å². The van der Waals surface area contributed by atoms with Crippen LogP contribution >= 0.6 is 11.8 Å². The Balaban J connectivity index is 1.36. The maximum atomic E-state index is 13.8. The van der Waals surface area contributed by atoms with E-state index in [-0.39, 0.29) is 11.5 Å². The number of amides is 1. The van der Waals surface area contributed by atoms with E-state index in [1.54, 1.807) is 48.1 Å². The van der Waals surface area contributed by atoms with Crippen molar-refractivity contribution >= 4 is 45.3 Å². The number of fused-ring (bicyclic) bond motifs is 2. The summed E-state index contributed by atoms with van der Waals surface area (Å²) >= 11 is 1.40. The summed E-state index contributed by atoms with van der Waals surface area (Å²) in [5.74, 6) is 1.96. The van der Waals surface area contributed by atoms with E-state index in [0.717, 1.165) is 16.9 Å². The molecule has 0 aliphatic heterocycles. The molecule has 0 saturated heterocycles. The molecule has 6 rings (SSSR count). The lowest BCUT2D eigenvalue weighted by Crippen LogP contribution is -2.22. The van der Waals surface area contributed by atoms with Crippen molar-refractivity contribution in [3.63, 3.8) is 0 Å². The van der Waals surface area contributed by atoms with Crippen LogP contribution in [0.1, 0.15) is 16.2 Å². The number of nitrogens with one attached hydrogen (secondary N) is 2. The zero-order chi connectivity index (χ0) is 28.3. The predicted molar refractivity (Wildman–Crippen MR) is 160 cm³/mol. The van der Waals surface area contributed by atoms with Crippen LogP contribution in [-0.4, -0.2) is 39.6 Å². The van der Waals surface area contributed by atoms with Crippen LogP contribution in [0.3, 0.4) is 0 Å². The van der Waals surface area contributed by atoms with Gasteiger partial charge in [-0.05, 0) is 54.6 Å². The SMILES string of the molecule is COc1ccc(NC(=O)c2ccc3c(=O)n(-c4ccccc4)c(SCc4nc5ccccc5[nH]4)nc3c2)cc1OC. The molecule has 2 heterocycles. The monoisotopic (exact) mass is 563 g/mol. The fourth-order valence-electron chi connectivity index (χ4n) is 4.53. The molecular weight excluding hydrogens is 538 g/mol. The summed E-state index contributed by atoms with van der Waals surface area (Å²) in [6.45, 7) is 0. The summed E-state index contributed by atoms with van der Waals surface area (Å²) in [5.41, 5.74) is 3.64. The minimum atomic E-state index is -0.343. The summed E-state index contributed by atoms with van der Waals surface area (Å²) in [5, 5.41) is 3.77. The first kappa shape index (κ1) is 26.1. The molecule has 2 N–H and O–H groups in total. The molecule has 41 heavy (non-hydrogen) atoms. The molecule has 0 spiro atoms. The number of anilines is 1. The van der Waals surface area contributed by atoms with Gasteiger partial charge in [0, 0.05) is 17.3 Å². The van der Waals surface area contributed by atoms with Crippen molar-refractivity contribution < 1.29 is 14.3 Å². The Morgan fingerprint density at radius 2 is 1.66 bits per heavy atom. The van der Waals surface area contributed by atoms with Gasteiger partial charge >= 0.3 is 0 Å². The number of methoxy groups -OCH3 is 2. The van der Waals surface area contributed by atoms with E-state index in [4.69, 9.17) is 14.5 Å². The number of benzene rings is 4. The minimum absolute atomic E-state index is 0.222. The summed E-state index contributed by atoms with van der Waals surface area (Å²) in [7, 11) is 3.08. The molecule has 9 nitrogen and oxygen atoms in total. The molecule has 6 aromatic rings. The lowest BCUT2D eigenvalue weighted by atomic mass is 10.1. The Hall–Kier alpha value is -5.09. The standard InChI is InChI=1S/C31H25N5O4S/c1-39-26-15-13-20(17-27(26)40-2)32-29(37)19-12-14-22-25(16-19)35-31(36(30(22)38)21-8-4-3-5-9-21)41-18-28-33-23-10-6-7-11-24(23)34-28/h3-17H,18H2,1-2H3,(H,32,37)(H,33,34). The minimum Gasteiger partial charge on any atom is -0.493 e. The number of hydrogen-bond acceptors (Lipinski definition) is 7. The Bertz CT molecular complexity index is 1920. The van der Waals surface area contributed by atoms with Gasteiger partial charge in [-0.3, -0.25) is 14.2 Å². The Kier molecular flexibility index (Phi) is 7.13. The Morgan fingerprint density at radius 1 is 0.878 bits per heavy atom. The van der Waals surface area contributed by atoms with Gasteiger partial charge in [0.2, 0.25) is 0 Å². The van der Waals surface area contributed by atoms with Crippen LogP contribution in [0.15, 0.2) is 101 Å². The maximum Gasteiger partial charge on any atom is 0.266 e. The van der Waals surface area contributed by atoms with Gasteiger partial charge in [-0.2, -0.15) is 0 Å². The molecule has 0 radical (unpaired) electrons. The van der Waals surface area contributed by atoms with Gasteiger partial charge < -0.3 is 19.8 Å². The zero-order valence-corrected chi connectivity index (χ0v) is 23.1. The Labute approximate surface area is 239 Å². The molecule has 0 aliphatic rings. The number of imidazole rings is 1. The second-order valence-corrected chi connectivity index (χ2v) is 10.1. The topological polar surface area (TPSA) is 111 Å². The van der Waals surface area contributed by atoms with Gasteiger partial charge in [-0.15, -0.1) is 0 Å². The number of aromatic nitrogens is 4. The highest BCUT2D eigenvalue weighted by molar-refractivity contribution is 7.98. The third kappa shape index (κ3) is 5.24. The molecule has 4 aromatic carbocycles. The van der Waals surface area contributed by atoms with Gasteiger partial charge in [0.05, 0.1) is 47.6 Å². The first-order valence-electron chi connectivity index (χ1n) is 12.8. The smallest absolute Gasteiger partial charge is 0.266 e. The summed E-state index contributed by atoms with van der Waals surface area (Å²) in [6, 6.07) is 27.2. The third-order valence-electron chi connectivity index (χ3n) is 6.53. The second kappa shape index (κ2) is 11.2. The number of nitrogens with zero attached hydrogens (tertiary/aromatic N) is 3. The van der Waals surface area contributed by atoms with Gasteiger partial charge in [0.1, 0.15) is 5.82 Å². The lowest BCUT2D eigenvalue weighted by Gasteiger charge is -2.14. The fraction of sp³-hybridized carbons (Fsp3) is 0.0968. The average Bonchev–Trinajstić information content (AvgIpc) is 3.43. The first-order valence-corrected chi connectivity index (χ1v) is 13.7. The van der Waals surface area contributed by atoms with Crippen LogP contribution in [-0.2, 0) is 5.75 Å². The number of carbonyl (C=O) groups excluding carboxylic acids is 1. The highest BCUT2D eigenvalue weighted by atomic mass is 32.2. The van der Waals surface area contributed by atoms with Crippen LogP contribution < -0.4 is 20.3 Å². The third-order valence-corrected chi connectivity index (χ3v) is 7.48. The first-order chi connectivity index (χ1) is 20.0. The van der Waals surface area contributed by atoms with Crippen molar-refractivity contribution in [3.05, 3.63) is 113 Å². The van der Waals surface area contributed by atoms with Crippen LogP contribution in [0, 0.1) is 0 Å². The quantitative estimate of drug-likeness (QED) is 0.177. The predicted octanol–water partition coefficient (Wildman–Crippen LogP) is 5.82. The van der Waals surface area contributed by atoms with E-state index in [2.05, 4.69) is 15.3 Å². The van der Waals surface area contributed by atoms with Crippen molar-refractivity contribution in [2.75, 3.05) is 19.5 Å². The van der Waals surface area contributed by atoms with Crippen molar-refractivity contribution in [1.82, 2.24) is 19.5 Å². The number of hydrogen-bond donors (Lipinski definition) is 2. The number of carbonyl (C=O) groups is 1. The average molecular weight is 564 g/mol. The van der Waals surface area contributed by atoms with E-state index in [1.807, 2.05) is 54.6 Å². The maximum absolute atomic E-state index is 13.8. The highest BCUT2D eigenvalue weighted by Crippen LogP contribution is 2.30. The molecule has 0 aliphatic carbocycles. The van der Waals surface area contributed by atoms with Crippen LogP contribution in [0.5, 0.6) is 11.5 Å². The molecule has 2 aromatic heterocycles. The molecule has 0 saturated carbocycles. The van der Waals surface area contributed by atoms with Gasteiger partial charge in [0.15, 0.2) is 16.7 Å². The van der Waals surface area contributed by atoms with E-state index < -0.39 is 0 Å². The Morgan fingerprint density at radius 3 is 2.44 bits per heavy atom. The van der Waals surface area contributed by atoms with Crippen LogP contribution in [0.4, 0.5) is 5.69 Å². The lowest BCUT2D eigenvalue weighted by molar-refractivity contribution is 0.102. The summed E-state index contributed by atoms with van der Waals surface area (Å²) < 4.78 is 12.2. The van der Waals surface area contributed by atoms with E-state index >= 15 is 0 Å². The molecule has 0 fully saturated rings. The normalized spacial score (nSPS) is 11.1. The fourth-order valence-corrected chi connectivity index (χ4v) is 5.42. The number of ether oxygens (including phenoxy) is 2. The number of aromatic amines is 1. The largest absolute Gasteiger partial charge is 0.493 e. The molecule has 10 heteroatoms. The summed E-state index contributed by atoms with van der Waals surface area (Å²) in [6.07, 6.45) is 0. The second-order valence-electron chi connectivity index (χ2n) is 9.12. The van der Waals surface area contributed by atoms with Gasteiger partial charge in [0.25, 0.3) is 11.5 Å². The van der Waals surface area contributed by atoms with Crippen molar-refractivity contribution in [2.45, 2.75) is 10.9 Å². The molecule has 0 bridgehead atoms. The van der Waals surface area contributed by atoms with Gasteiger partial charge in [-0.1, -0.05) is 42.1 Å². The highest BCUT2D eigenvalue weighted by Gasteiger charge is 2.17. The zero-order valence-electron chi connectivity index (χ0n) is 22.3. The van der Waals surface area contributed by atoms with E-state index in [9.17, 15) is 9.59 Å². The number of rotatable bonds is 8. The summed E-state index contributed by atoms with van der Waals surface area (Å²) in [4.78, 5) is 39.7. The molecular formula is C31H25N5O4S. The van der Waals surface area contributed by atoms with Crippen molar-refractivity contribution in [3.8, 4) is 17.2 Å². The molecule has 0 atom stereocenters. The van der Waals surface area contributed by atoms with E-state index in [0.29, 0.717) is 50.2 Å². The molecule has 0 unspecified atom stereocenters. The number of H-pyrrole nitrogens is 1. The number of para-hydroxylation sites is 3. The van der Waals surface area contributed by atoms with Crippen molar-refractivity contribution in [1.29, 1.82) is 0 Å².